The fraction of sp³-hybridized carbons (Fsp3) is 0. The molecule has 6 heterocycles. The number of hydrogen-bond acceptors (Lipinski definition) is 8. The monoisotopic (exact) mass is 1530 g/mol. The number of fused-ring (bicyclic) bond motifs is 12. The summed E-state index contributed by atoms with van der Waals surface area (Å²) in [4.78, 5) is 31.4. The maximum absolute atomic E-state index is 6.61. The lowest BCUT2D eigenvalue weighted by atomic mass is 9.89. The van der Waals surface area contributed by atoms with E-state index in [-0.39, 0.29) is 0 Å². The zero-order chi connectivity index (χ0) is 79.4. The van der Waals surface area contributed by atoms with Crippen molar-refractivity contribution in [3.63, 3.8) is 0 Å². The van der Waals surface area contributed by atoms with Crippen LogP contribution in [0.5, 0.6) is 0 Å². The molecule has 0 radical (unpaired) electrons. The van der Waals surface area contributed by atoms with Crippen molar-refractivity contribution in [1.29, 1.82) is 0 Å². The summed E-state index contributed by atoms with van der Waals surface area (Å²) in [5.74, 6) is 1.35. The molecule has 0 fully saturated rings. The molecule has 8 heteroatoms. The molecule has 0 N–H and O–H groups in total. The molecule has 17 aromatic carbocycles. The summed E-state index contributed by atoms with van der Waals surface area (Å²) in [5, 5.41) is 11.0. The molecular weight excluding hydrogens is 1460 g/mol. The van der Waals surface area contributed by atoms with Crippen molar-refractivity contribution in [2.45, 2.75) is 0 Å². The Morgan fingerprint density at radius 3 is 0.825 bits per heavy atom. The van der Waals surface area contributed by atoms with E-state index < -0.39 is 0 Å². The van der Waals surface area contributed by atoms with Crippen LogP contribution >= 0.6 is 0 Å². The summed E-state index contributed by atoms with van der Waals surface area (Å²) in [7, 11) is 0. The Bertz CT molecular complexity index is 7720. The molecule has 0 aliphatic heterocycles. The molecule has 0 aliphatic carbocycles. The smallest absolute Gasteiger partial charge is 0.160 e. The van der Waals surface area contributed by atoms with Crippen molar-refractivity contribution in [1.82, 2.24) is 29.9 Å². The van der Waals surface area contributed by atoms with Crippen molar-refractivity contribution in [2.24, 2.45) is 0 Å². The van der Waals surface area contributed by atoms with Crippen LogP contribution in [-0.2, 0) is 0 Å². The van der Waals surface area contributed by atoms with Crippen LogP contribution in [0.2, 0.25) is 0 Å². The predicted octanol–water partition coefficient (Wildman–Crippen LogP) is 29.8. The highest BCUT2D eigenvalue weighted by molar-refractivity contribution is 6.29. The van der Waals surface area contributed by atoms with Crippen LogP contribution in [0.15, 0.2) is 433 Å². The Kier molecular flexibility index (Phi) is 17.8. The summed E-state index contributed by atoms with van der Waals surface area (Å²) in [6, 6.07) is 148. The summed E-state index contributed by atoms with van der Waals surface area (Å²) in [6.45, 7) is 0. The lowest BCUT2D eigenvalue weighted by Crippen LogP contribution is -1.96. The van der Waals surface area contributed by atoms with Gasteiger partial charge in [0.25, 0.3) is 0 Å². The summed E-state index contributed by atoms with van der Waals surface area (Å²) in [5.41, 5.74) is 30.0. The number of nitrogens with zero attached hydrogens (tertiary/aromatic N) is 6. The summed E-state index contributed by atoms with van der Waals surface area (Å²) < 4.78 is 13.2. The highest BCUT2D eigenvalue weighted by Gasteiger charge is 2.25. The van der Waals surface area contributed by atoms with E-state index in [4.69, 9.17) is 38.7 Å². The fourth-order valence-electron chi connectivity index (χ4n) is 17.2. The van der Waals surface area contributed by atoms with Gasteiger partial charge in [-0.05, 0) is 99.1 Å². The minimum atomic E-state index is 0.670. The van der Waals surface area contributed by atoms with E-state index in [1.54, 1.807) is 0 Å². The van der Waals surface area contributed by atoms with Crippen LogP contribution in [0.25, 0.3) is 233 Å². The van der Waals surface area contributed by atoms with Gasteiger partial charge in [0.15, 0.2) is 11.6 Å². The van der Waals surface area contributed by atoms with Gasteiger partial charge in [0.1, 0.15) is 22.3 Å². The topological polar surface area (TPSA) is 104 Å². The molecule has 23 rings (SSSR count). The molecule has 0 unspecified atom stereocenters. The van der Waals surface area contributed by atoms with Gasteiger partial charge in [-0.1, -0.05) is 370 Å². The van der Waals surface area contributed by atoms with Gasteiger partial charge >= 0.3 is 0 Å². The molecular formula is C112H70N6O2. The average Bonchev–Trinajstić information content (AvgIpc) is 1.43. The van der Waals surface area contributed by atoms with E-state index in [1.165, 1.54) is 16.7 Å². The molecule has 0 spiro atoms. The van der Waals surface area contributed by atoms with Gasteiger partial charge in [-0.15, -0.1) is 0 Å². The van der Waals surface area contributed by atoms with Gasteiger partial charge in [-0.2, -0.15) is 0 Å². The van der Waals surface area contributed by atoms with Gasteiger partial charge in [-0.3, -0.25) is 0 Å². The van der Waals surface area contributed by atoms with Crippen LogP contribution in [0.4, 0.5) is 0 Å². The molecule has 560 valence electrons. The van der Waals surface area contributed by atoms with Crippen molar-refractivity contribution < 1.29 is 8.83 Å². The third kappa shape index (κ3) is 13.0. The quantitative estimate of drug-likeness (QED) is 0.105. The van der Waals surface area contributed by atoms with Crippen LogP contribution in [0, 0.1) is 0 Å². The van der Waals surface area contributed by atoms with E-state index in [2.05, 4.69) is 364 Å². The normalized spacial score (nSPS) is 11.5. The Hall–Kier alpha value is -16.2. The first kappa shape index (κ1) is 70.5. The molecule has 0 atom stereocenters. The van der Waals surface area contributed by atoms with Gasteiger partial charge in [0, 0.05) is 109 Å². The number of para-hydroxylation sites is 4. The molecule has 8 nitrogen and oxygen atoms in total. The highest BCUT2D eigenvalue weighted by atomic mass is 16.3. The minimum absolute atomic E-state index is 0.670. The standard InChI is InChI=1S/C59H37N3O.C53H33N3O/c1-4-14-38(15-5-1)40-24-28-42(29-25-40)51-37-52(62-59(61-51)46-34-26-41(27-35-46)39-16-6-2-7-17-39)43-30-32-45(33-31-43)58-49-36-54-57(48-21-11-13-23-53(48)63-54)55(44-18-8-3-9-19-44)56(49)47-20-10-12-22-50(47)60-58;1-4-15-34(16-5-1)39-21-14-22-40(31-39)46-33-45(55-53(56-46)38-19-8-3-9-20-38)35-27-29-37(30-28-35)52-43-32-48-51(42-24-11-13-26-47(42)57-48)49(36-17-6-2-7-18-36)50(43)41-23-10-12-25-44(41)54-52/h1-37H;1-33H. The Morgan fingerprint density at radius 1 is 0.150 bits per heavy atom. The molecule has 0 bridgehead atoms. The van der Waals surface area contributed by atoms with Gasteiger partial charge < -0.3 is 8.83 Å². The van der Waals surface area contributed by atoms with E-state index >= 15 is 0 Å². The number of benzene rings is 17. The maximum Gasteiger partial charge on any atom is 0.160 e. The Morgan fingerprint density at radius 2 is 0.425 bits per heavy atom. The van der Waals surface area contributed by atoms with E-state index in [0.29, 0.717) is 11.6 Å². The molecule has 0 amide bonds. The second-order valence-corrected chi connectivity index (χ2v) is 30.3. The summed E-state index contributed by atoms with van der Waals surface area (Å²) >= 11 is 0. The molecule has 6 aromatic heterocycles. The zero-order valence-corrected chi connectivity index (χ0v) is 64.9. The average molecular weight is 1530 g/mol. The Labute approximate surface area is 692 Å². The second kappa shape index (κ2) is 30.2. The van der Waals surface area contributed by atoms with E-state index in [0.717, 1.165) is 205 Å². The maximum atomic E-state index is 6.61. The number of aromatic nitrogens is 6. The highest BCUT2D eigenvalue weighted by Crippen LogP contribution is 2.49. The van der Waals surface area contributed by atoms with E-state index in [1.807, 2.05) is 60.7 Å². The van der Waals surface area contributed by atoms with E-state index in [9.17, 15) is 0 Å². The van der Waals surface area contributed by atoms with Crippen LogP contribution < -0.4 is 0 Å². The molecule has 120 heavy (non-hydrogen) atoms. The zero-order valence-electron chi connectivity index (χ0n) is 64.9. The Balaban J connectivity index is 0.000000145. The lowest BCUT2D eigenvalue weighted by Gasteiger charge is -2.16. The largest absolute Gasteiger partial charge is 0.456 e. The predicted molar refractivity (Wildman–Crippen MR) is 495 cm³/mol. The first-order chi connectivity index (χ1) is 59.5. The molecule has 23 aromatic rings. The van der Waals surface area contributed by atoms with Gasteiger partial charge in [0.2, 0.25) is 0 Å². The molecule has 0 saturated carbocycles. The van der Waals surface area contributed by atoms with Crippen LogP contribution in [0.3, 0.4) is 0 Å². The van der Waals surface area contributed by atoms with Gasteiger partial charge in [-0.25, -0.2) is 29.9 Å². The van der Waals surface area contributed by atoms with Crippen molar-refractivity contribution in [3.05, 3.63) is 425 Å². The van der Waals surface area contributed by atoms with Crippen LogP contribution in [0.1, 0.15) is 0 Å². The first-order valence-electron chi connectivity index (χ1n) is 40.4. The first-order valence-corrected chi connectivity index (χ1v) is 40.4. The number of rotatable bonds is 13. The van der Waals surface area contributed by atoms with Gasteiger partial charge in [0.05, 0.1) is 45.2 Å². The minimum Gasteiger partial charge on any atom is -0.456 e. The SMILES string of the molecule is c1ccc(-c2ccc(-c3cc(-c4ccc(-c5nc6ccccc6c6c(-c7ccccc7)c7c(cc56)oc5ccccc57)cc4)nc(-c4ccc(-c5ccccc5)cc4)n3)cc2)cc1.c1ccc(-c2cccc(-c3cc(-c4ccc(-c5nc6ccccc6c6c(-c7ccccc7)c7c(cc56)oc5ccccc57)cc4)nc(-c4ccccc4)n3)c2)cc1. The lowest BCUT2D eigenvalue weighted by molar-refractivity contribution is 0.669. The third-order valence-corrected chi connectivity index (χ3v) is 23.0. The van der Waals surface area contributed by atoms with Crippen LogP contribution in [-0.4, -0.2) is 29.9 Å². The number of pyridine rings is 2. The van der Waals surface area contributed by atoms with Crippen molar-refractivity contribution >= 4 is 87.2 Å². The summed E-state index contributed by atoms with van der Waals surface area (Å²) in [6.07, 6.45) is 0. The van der Waals surface area contributed by atoms with Crippen molar-refractivity contribution in [2.75, 3.05) is 0 Å². The fourth-order valence-corrected chi connectivity index (χ4v) is 17.2. The molecule has 0 aliphatic rings. The number of furan rings is 2. The third-order valence-electron chi connectivity index (χ3n) is 23.0. The second-order valence-electron chi connectivity index (χ2n) is 30.3. The van der Waals surface area contributed by atoms with Crippen molar-refractivity contribution in [3.8, 4) is 146 Å². The number of hydrogen-bond donors (Lipinski definition) is 0. The molecule has 0 saturated heterocycles.